The summed E-state index contributed by atoms with van der Waals surface area (Å²) in [6, 6.07) is 6.18. The van der Waals surface area contributed by atoms with Crippen molar-refractivity contribution in [3.63, 3.8) is 0 Å². The summed E-state index contributed by atoms with van der Waals surface area (Å²) in [5.41, 5.74) is 2.56. The maximum Gasteiger partial charge on any atom is 0.133 e. The van der Waals surface area contributed by atoms with Gasteiger partial charge < -0.3 is 9.47 Å². The van der Waals surface area contributed by atoms with Crippen LogP contribution in [0.1, 0.15) is 12.0 Å². The van der Waals surface area contributed by atoms with Crippen molar-refractivity contribution in [2.24, 2.45) is 0 Å². The van der Waals surface area contributed by atoms with E-state index < -0.39 is 0 Å². The second-order valence-corrected chi connectivity index (χ2v) is 4.26. The monoisotopic (exact) mass is 268 g/mol. The third-order valence-electron chi connectivity index (χ3n) is 2.49. The Bertz CT molecular complexity index is 385. The van der Waals surface area contributed by atoms with Gasteiger partial charge in [0.05, 0.1) is 24.8 Å². The highest BCUT2D eigenvalue weighted by molar-refractivity contribution is 9.10. The van der Waals surface area contributed by atoms with E-state index in [-0.39, 0.29) is 0 Å². The SMILES string of the molecule is COc1cc(C2=CCOCC2)ccc1Br. The summed E-state index contributed by atoms with van der Waals surface area (Å²) in [5.74, 6) is 0.875. The number of rotatable bonds is 2. The fourth-order valence-corrected chi connectivity index (χ4v) is 2.06. The summed E-state index contributed by atoms with van der Waals surface area (Å²) in [6.07, 6.45) is 3.11. The van der Waals surface area contributed by atoms with Gasteiger partial charge in [-0.25, -0.2) is 0 Å². The molecule has 0 N–H and O–H groups in total. The number of ether oxygens (including phenoxy) is 2. The molecular formula is C12H13BrO2. The molecule has 0 spiro atoms. The molecule has 0 aromatic heterocycles. The van der Waals surface area contributed by atoms with Gasteiger partial charge in [-0.1, -0.05) is 12.1 Å². The van der Waals surface area contributed by atoms with Crippen LogP contribution < -0.4 is 4.74 Å². The van der Waals surface area contributed by atoms with Crippen LogP contribution in [0.5, 0.6) is 5.75 Å². The predicted molar refractivity (Wildman–Crippen MR) is 64.1 cm³/mol. The number of hydrogen-bond donors (Lipinski definition) is 0. The molecular weight excluding hydrogens is 256 g/mol. The Balaban J connectivity index is 2.32. The van der Waals surface area contributed by atoms with Gasteiger partial charge in [-0.15, -0.1) is 0 Å². The second-order valence-electron chi connectivity index (χ2n) is 3.40. The van der Waals surface area contributed by atoms with Crippen molar-refractivity contribution in [3.05, 3.63) is 34.3 Å². The average Bonchev–Trinajstić information content (AvgIpc) is 2.31. The third kappa shape index (κ3) is 2.41. The van der Waals surface area contributed by atoms with E-state index in [1.54, 1.807) is 7.11 Å². The molecule has 0 amide bonds. The zero-order valence-electron chi connectivity index (χ0n) is 8.63. The Labute approximate surface area is 98.0 Å². The molecule has 0 saturated carbocycles. The fraction of sp³-hybridized carbons (Fsp3) is 0.333. The molecule has 0 bridgehead atoms. The van der Waals surface area contributed by atoms with Crippen LogP contribution in [0.25, 0.3) is 5.57 Å². The molecule has 1 aliphatic heterocycles. The van der Waals surface area contributed by atoms with Gasteiger partial charge >= 0.3 is 0 Å². The number of benzene rings is 1. The van der Waals surface area contributed by atoms with Crippen LogP contribution in [0.4, 0.5) is 0 Å². The van der Waals surface area contributed by atoms with Gasteiger partial charge in [-0.2, -0.15) is 0 Å². The first-order chi connectivity index (χ1) is 7.31. The highest BCUT2D eigenvalue weighted by atomic mass is 79.9. The Morgan fingerprint density at radius 3 is 2.93 bits per heavy atom. The quantitative estimate of drug-likeness (QED) is 0.820. The Morgan fingerprint density at radius 2 is 2.27 bits per heavy atom. The molecule has 2 nitrogen and oxygen atoms in total. The lowest BCUT2D eigenvalue weighted by atomic mass is 10.0. The summed E-state index contributed by atoms with van der Waals surface area (Å²) in [4.78, 5) is 0. The van der Waals surface area contributed by atoms with Crippen LogP contribution in [0, 0.1) is 0 Å². The molecule has 1 heterocycles. The van der Waals surface area contributed by atoms with Crippen LogP contribution in [-0.4, -0.2) is 20.3 Å². The van der Waals surface area contributed by atoms with E-state index in [0.717, 1.165) is 23.2 Å². The first kappa shape index (κ1) is 10.7. The molecule has 0 radical (unpaired) electrons. The summed E-state index contributed by atoms with van der Waals surface area (Å²) in [6.45, 7) is 1.53. The fourth-order valence-electron chi connectivity index (χ4n) is 1.65. The molecule has 15 heavy (non-hydrogen) atoms. The Kier molecular flexibility index (Phi) is 3.44. The van der Waals surface area contributed by atoms with Gasteiger partial charge in [0.25, 0.3) is 0 Å². The summed E-state index contributed by atoms with van der Waals surface area (Å²) in [7, 11) is 1.68. The average molecular weight is 269 g/mol. The smallest absolute Gasteiger partial charge is 0.133 e. The van der Waals surface area contributed by atoms with Crippen molar-refractivity contribution in [1.82, 2.24) is 0 Å². The lowest BCUT2D eigenvalue weighted by molar-refractivity contribution is 0.161. The van der Waals surface area contributed by atoms with Gasteiger partial charge in [0.1, 0.15) is 5.75 Å². The van der Waals surface area contributed by atoms with Crippen molar-refractivity contribution in [2.45, 2.75) is 6.42 Å². The van der Waals surface area contributed by atoms with E-state index in [1.165, 1.54) is 11.1 Å². The van der Waals surface area contributed by atoms with Crippen molar-refractivity contribution < 1.29 is 9.47 Å². The van der Waals surface area contributed by atoms with Crippen LogP contribution in [-0.2, 0) is 4.74 Å². The number of hydrogen-bond acceptors (Lipinski definition) is 2. The molecule has 1 aliphatic rings. The molecule has 2 rings (SSSR count). The van der Waals surface area contributed by atoms with Crippen molar-refractivity contribution in [2.75, 3.05) is 20.3 Å². The van der Waals surface area contributed by atoms with E-state index in [2.05, 4.69) is 34.1 Å². The largest absolute Gasteiger partial charge is 0.496 e. The van der Waals surface area contributed by atoms with Crippen LogP contribution in [0.3, 0.4) is 0 Å². The van der Waals surface area contributed by atoms with Crippen LogP contribution in [0.2, 0.25) is 0 Å². The van der Waals surface area contributed by atoms with Crippen molar-refractivity contribution >= 4 is 21.5 Å². The lowest BCUT2D eigenvalue weighted by Gasteiger charge is -2.14. The molecule has 1 aromatic rings. The maximum atomic E-state index is 5.28. The van der Waals surface area contributed by atoms with Crippen molar-refractivity contribution in [1.29, 1.82) is 0 Å². The van der Waals surface area contributed by atoms with Gasteiger partial charge in [0.2, 0.25) is 0 Å². The van der Waals surface area contributed by atoms with E-state index in [0.29, 0.717) is 6.61 Å². The molecule has 0 unspecified atom stereocenters. The highest BCUT2D eigenvalue weighted by Crippen LogP contribution is 2.30. The minimum atomic E-state index is 0.716. The Hall–Kier alpha value is -0.800. The second kappa shape index (κ2) is 4.81. The van der Waals surface area contributed by atoms with E-state index in [9.17, 15) is 0 Å². The minimum absolute atomic E-state index is 0.716. The number of halogens is 1. The predicted octanol–water partition coefficient (Wildman–Crippen LogP) is 3.26. The standard InChI is InChI=1S/C12H13BrO2/c1-14-12-8-10(2-3-11(12)13)9-4-6-15-7-5-9/h2-4,8H,5-7H2,1H3. The molecule has 0 saturated heterocycles. The molecule has 0 atom stereocenters. The molecule has 3 heteroatoms. The molecule has 80 valence electrons. The zero-order valence-corrected chi connectivity index (χ0v) is 10.2. The van der Waals surface area contributed by atoms with Gasteiger partial charge in [0, 0.05) is 0 Å². The van der Waals surface area contributed by atoms with Gasteiger partial charge in [-0.3, -0.25) is 0 Å². The normalized spacial score (nSPS) is 16.0. The summed E-state index contributed by atoms with van der Waals surface area (Å²) < 4.78 is 11.5. The molecule has 0 fully saturated rings. The third-order valence-corrected chi connectivity index (χ3v) is 3.14. The Morgan fingerprint density at radius 1 is 1.40 bits per heavy atom. The van der Waals surface area contributed by atoms with Gasteiger partial charge in [0.15, 0.2) is 0 Å². The summed E-state index contributed by atoms with van der Waals surface area (Å²) >= 11 is 3.45. The lowest BCUT2D eigenvalue weighted by Crippen LogP contribution is -2.03. The topological polar surface area (TPSA) is 18.5 Å². The first-order valence-electron chi connectivity index (χ1n) is 4.92. The molecule has 1 aromatic carbocycles. The highest BCUT2D eigenvalue weighted by Gasteiger charge is 2.08. The van der Waals surface area contributed by atoms with E-state index >= 15 is 0 Å². The van der Waals surface area contributed by atoms with Crippen LogP contribution in [0.15, 0.2) is 28.7 Å². The van der Waals surface area contributed by atoms with Crippen LogP contribution >= 0.6 is 15.9 Å². The summed E-state index contributed by atoms with van der Waals surface area (Å²) in [5, 5.41) is 0. The first-order valence-corrected chi connectivity index (χ1v) is 5.71. The van der Waals surface area contributed by atoms with E-state index in [4.69, 9.17) is 9.47 Å². The minimum Gasteiger partial charge on any atom is -0.496 e. The van der Waals surface area contributed by atoms with Crippen molar-refractivity contribution in [3.8, 4) is 5.75 Å². The van der Waals surface area contributed by atoms with Gasteiger partial charge in [-0.05, 0) is 45.6 Å². The van der Waals surface area contributed by atoms with E-state index in [1.807, 2.05) is 6.07 Å². The zero-order chi connectivity index (χ0) is 10.7. The maximum absolute atomic E-state index is 5.28. The molecule has 0 aliphatic carbocycles. The number of methoxy groups -OCH3 is 1.